The molecule has 1 aromatic rings. The molecular weight excluding hydrogens is 300 g/mol. The molecule has 2 fully saturated rings. The average Bonchev–Trinajstić information content (AvgIpc) is 2.97. The SMILES string of the molecule is OC[C@@H]1COCCN(C2CCN(c3ccc4c(c3)CCC4)CC2)C1. The van der Waals surface area contributed by atoms with Gasteiger partial charge in [-0.25, -0.2) is 0 Å². The molecule has 0 bridgehead atoms. The molecule has 0 unspecified atom stereocenters. The van der Waals surface area contributed by atoms with Crippen LogP contribution in [-0.4, -0.2) is 62.0 Å². The highest BCUT2D eigenvalue weighted by atomic mass is 16.5. The number of benzene rings is 1. The van der Waals surface area contributed by atoms with Crippen LogP contribution in [0.5, 0.6) is 0 Å². The smallest absolute Gasteiger partial charge is 0.0593 e. The Morgan fingerprint density at radius 3 is 2.75 bits per heavy atom. The van der Waals surface area contributed by atoms with Crippen molar-refractivity contribution in [3.8, 4) is 0 Å². The average molecular weight is 330 g/mol. The molecule has 0 saturated carbocycles. The van der Waals surface area contributed by atoms with E-state index in [-0.39, 0.29) is 12.5 Å². The largest absolute Gasteiger partial charge is 0.396 e. The number of aliphatic hydroxyl groups is 1. The molecule has 4 nitrogen and oxygen atoms in total. The number of anilines is 1. The van der Waals surface area contributed by atoms with Crippen molar-refractivity contribution in [3.05, 3.63) is 29.3 Å². The lowest BCUT2D eigenvalue weighted by Gasteiger charge is -2.39. The number of ether oxygens (including phenoxy) is 1. The summed E-state index contributed by atoms with van der Waals surface area (Å²) in [5.74, 6) is 0.280. The Morgan fingerprint density at radius 1 is 1.08 bits per heavy atom. The predicted molar refractivity (Wildman–Crippen MR) is 96.7 cm³/mol. The van der Waals surface area contributed by atoms with Crippen LogP contribution in [0.4, 0.5) is 5.69 Å². The Hall–Kier alpha value is -1.10. The van der Waals surface area contributed by atoms with Gasteiger partial charge in [0.05, 0.1) is 13.2 Å². The summed E-state index contributed by atoms with van der Waals surface area (Å²) >= 11 is 0. The summed E-state index contributed by atoms with van der Waals surface area (Å²) in [6.07, 6.45) is 6.28. The number of piperidine rings is 1. The molecular formula is C20H30N2O2. The van der Waals surface area contributed by atoms with Gasteiger partial charge in [-0.15, -0.1) is 0 Å². The lowest BCUT2D eigenvalue weighted by molar-refractivity contribution is 0.0955. The van der Waals surface area contributed by atoms with Gasteiger partial charge in [0.15, 0.2) is 0 Å². The molecule has 1 aromatic carbocycles. The molecule has 132 valence electrons. The topological polar surface area (TPSA) is 35.9 Å². The summed E-state index contributed by atoms with van der Waals surface area (Å²) in [5, 5.41) is 9.48. The first-order chi connectivity index (χ1) is 11.8. The van der Waals surface area contributed by atoms with E-state index in [4.69, 9.17) is 4.74 Å². The van der Waals surface area contributed by atoms with Crippen LogP contribution in [0.15, 0.2) is 18.2 Å². The highest BCUT2D eigenvalue weighted by Crippen LogP contribution is 2.29. The molecule has 2 aliphatic heterocycles. The summed E-state index contributed by atoms with van der Waals surface area (Å²) in [6, 6.07) is 7.75. The van der Waals surface area contributed by atoms with Crippen LogP contribution in [0.1, 0.15) is 30.4 Å². The van der Waals surface area contributed by atoms with Crippen molar-refractivity contribution in [2.75, 3.05) is 50.9 Å². The van der Waals surface area contributed by atoms with Crippen molar-refractivity contribution in [3.63, 3.8) is 0 Å². The van der Waals surface area contributed by atoms with Gasteiger partial charge in [-0.1, -0.05) is 6.07 Å². The van der Waals surface area contributed by atoms with Crippen molar-refractivity contribution in [2.45, 2.75) is 38.1 Å². The second-order valence-electron chi connectivity index (χ2n) is 7.64. The van der Waals surface area contributed by atoms with Crippen LogP contribution in [0.2, 0.25) is 0 Å². The van der Waals surface area contributed by atoms with E-state index in [0.717, 1.165) is 32.8 Å². The maximum Gasteiger partial charge on any atom is 0.0593 e. The quantitative estimate of drug-likeness (QED) is 0.921. The Morgan fingerprint density at radius 2 is 1.92 bits per heavy atom. The molecule has 24 heavy (non-hydrogen) atoms. The molecule has 2 heterocycles. The molecule has 2 saturated heterocycles. The first-order valence-electron chi connectivity index (χ1n) is 9.63. The fraction of sp³-hybridized carbons (Fsp3) is 0.700. The monoisotopic (exact) mass is 330 g/mol. The minimum Gasteiger partial charge on any atom is -0.396 e. The summed E-state index contributed by atoms with van der Waals surface area (Å²) in [4.78, 5) is 5.13. The van der Waals surface area contributed by atoms with Gasteiger partial charge in [-0.05, 0) is 55.4 Å². The van der Waals surface area contributed by atoms with Crippen molar-refractivity contribution in [1.82, 2.24) is 4.90 Å². The number of rotatable bonds is 3. The van der Waals surface area contributed by atoms with E-state index in [1.54, 1.807) is 11.1 Å². The van der Waals surface area contributed by atoms with E-state index in [0.29, 0.717) is 12.6 Å². The standard InChI is InChI=1S/C20H30N2O2/c23-14-16-13-22(10-11-24-15-16)19-6-8-21(9-7-19)20-5-4-17-2-1-3-18(17)12-20/h4-5,12,16,19,23H,1-3,6-11,13-15H2/t16-/m1/s1. The summed E-state index contributed by atoms with van der Waals surface area (Å²) in [6.45, 7) is 6.04. The van der Waals surface area contributed by atoms with Crippen LogP contribution >= 0.6 is 0 Å². The Balaban J connectivity index is 1.36. The van der Waals surface area contributed by atoms with E-state index in [1.807, 2.05) is 0 Å². The maximum absolute atomic E-state index is 9.48. The molecule has 4 heteroatoms. The summed E-state index contributed by atoms with van der Waals surface area (Å²) in [5.41, 5.74) is 4.56. The van der Waals surface area contributed by atoms with Crippen molar-refractivity contribution in [1.29, 1.82) is 0 Å². The van der Waals surface area contributed by atoms with E-state index in [2.05, 4.69) is 28.0 Å². The molecule has 0 aromatic heterocycles. The van der Waals surface area contributed by atoms with Crippen LogP contribution in [-0.2, 0) is 17.6 Å². The highest BCUT2D eigenvalue weighted by molar-refractivity contribution is 5.52. The lowest BCUT2D eigenvalue weighted by Crippen LogP contribution is -2.47. The molecule has 3 aliphatic rings. The maximum atomic E-state index is 9.48. The first-order valence-corrected chi connectivity index (χ1v) is 9.63. The number of aliphatic hydroxyl groups excluding tert-OH is 1. The fourth-order valence-corrected chi connectivity index (χ4v) is 4.59. The van der Waals surface area contributed by atoms with Gasteiger partial charge in [0.2, 0.25) is 0 Å². The van der Waals surface area contributed by atoms with Gasteiger partial charge in [0.25, 0.3) is 0 Å². The predicted octanol–water partition coefficient (Wildman–Crippen LogP) is 2.08. The van der Waals surface area contributed by atoms with Crippen molar-refractivity contribution < 1.29 is 9.84 Å². The fourth-order valence-electron chi connectivity index (χ4n) is 4.59. The van der Waals surface area contributed by atoms with Gasteiger partial charge < -0.3 is 14.7 Å². The molecule has 4 rings (SSSR count). The molecule has 1 atom stereocenters. The van der Waals surface area contributed by atoms with Crippen molar-refractivity contribution in [2.24, 2.45) is 5.92 Å². The second-order valence-corrected chi connectivity index (χ2v) is 7.64. The number of hydrogen-bond donors (Lipinski definition) is 1. The summed E-state index contributed by atoms with van der Waals surface area (Å²) < 4.78 is 5.64. The third-order valence-corrected chi connectivity index (χ3v) is 6.06. The van der Waals surface area contributed by atoms with Gasteiger partial charge in [0.1, 0.15) is 0 Å². The zero-order chi connectivity index (χ0) is 16.4. The minimum absolute atomic E-state index is 0.241. The summed E-state index contributed by atoms with van der Waals surface area (Å²) in [7, 11) is 0. The molecule has 0 spiro atoms. The number of aryl methyl sites for hydroxylation is 2. The third kappa shape index (κ3) is 3.46. The minimum atomic E-state index is 0.241. The zero-order valence-electron chi connectivity index (χ0n) is 14.6. The van der Waals surface area contributed by atoms with Gasteiger partial charge in [-0.2, -0.15) is 0 Å². The molecule has 1 N–H and O–H groups in total. The second kappa shape index (κ2) is 7.42. The van der Waals surface area contributed by atoms with Gasteiger partial charge in [0, 0.05) is 50.4 Å². The van der Waals surface area contributed by atoms with Gasteiger partial charge in [-0.3, -0.25) is 4.90 Å². The lowest BCUT2D eigenvalue weighted by atomic mass is 10.00. The van der Waals surface area contributed by atoms with Crippen LogP contribution in [0.3, 0.4) is 0 Å². The highest BCUT2D eigenvalue weighted by Gasteiger charge is 2.28. The normalized spacial score (nSPS) is 26.4. The Bertz CT molecular complexity index is 555. The molecule has 0 amide bonds. The number of nitrogens with zero attached hydrogens (tertiary/aromatic N) is 2. The number of fused-ring (bicyclic) bond motifs is 1. The van der Waals surface area contributed by atoms with Crippen LogP contribution in [0.25, 0.3) is 0 Å². The van der Waals surface area contributed by atoms with E-state index >= 15 is 0 Å². The molecule has 0 radical (unpaired) electrons. The molecule has 1 aliphatic carbocycles. The van der Waals surface area contributed by atoms with Gasteiger partial charge >= 0.3 is 0 Å². The Labute approximate surface area is 145 Å². The first kappa shape index (κ1) is 16.4. The zero-order valence-corrected chi connectivity index (χ0v) is 14.6. The van der Waals surface area contributed by atoms with E-state index < -0.39 is 0 Å². The third-order valence-electron chi connectivity index (χ3n) is 6.06. The van der Waals surface area contributed by atoms with Crippen LogP contribution in [0, 0.1) is 5.92 Å². The van der Waals surface area contributed by atoms with Crippen LogP contribution < -0.4 is 4.90 Å². The van der Waals surface area contributed by atoms with E-state index in [9.17, 15) is 5.11 Å². The van der Waals surface area contributed by atoms with Crippen molar-refractivity contribution >= 4 is 5.69 Å². The van der Waals surface area contributed by atoms with E-state index in [1.165, 1.54) is 37.8 Å². The number of hydrogen-bond acceptors (Lipinski definition) is 4. The Kier molecular flexibility index (Phi) is 5.06.